The van der Waals surface area contributed by atoms with Crippen LogP contribution in [-0.4, -0.2) is 41.7 Å². The number of esters is 1. The molecule has 1 fully saturated rings. The van der Waals surface area contributed by atoms with Crippen LogP contribution in [-0.2, 0) is 19.1 Å². The number of benzene rings is 1. The van der Waals surface area contributed by atoms with Crippen LogP contribution >= 0.6 is 0 Å². The summed E-state index contributed by atoms with van der Waals surface area (Å²) in [7, 11) is 0. The van der Waals surface area contributed by atoms with Crippen LogP contribution in [0.5, 0.6) is 0 Å². The molecular formula is C21H26N4O5. The first-order chi connectivity index (χ1) is 14.4. The van der Waals surface area contributed by atoms with Gasteiger partial charge in [0.25, 0.3) is 5.91 Å². The molecule has 2 N–H and O–H groups in total. The molecule has 4 amide bonds. The van der Waals surface area contributed by atoms with Gasteiger partial charge in [-0.3, -0.25) is 14.9 Å². The van der Waals surface area contributed by atoms with Crippen molar-refractivity contribution in [2.24, 2.45) is 5.10 Å². The number of carbonyl (C=O) groups excluding carboxylic acids is 4. The van der Waals surface area contributed by atoms with Crippen LogP contribution in [0.4, 0.5) is 10.5 Å². The van der Waals surface area contributed by atoms with E-state index < -0.39 is 24.0 Å². The van der Waals surface area contributed by atoms with Crippen molar-refractivity contribution < 1.29 is 23.9 Å². The van der Waals surface area contributed by atoms with E-state index in [0.717, 1.165) is 37.1 Å². The fraction of sp³-hybridized carbons (Fsp3) is 0.476. The number of hydrazone groups is 1. The summed E-state index contributed by atoms with van der Waals surface area (Å²) in [5.74, 6) is -1.74. The maximum Gasteiger partial charge on any atom is 0.355 e. The van der Waals surface area contributed by atoms with Gasteiger partial charge in [0.15, 0.2) is 6.10 Å². The molecular weight excluding hydrogens is 388 g/mol. The van der Waals surface area contributed by atoms with Gasteiger partial charge in [-0.25, -0.2) is 14.6 Å². The highest BCUT2D eigenvalue weighted by molar-refractivity contribution is 6.38. The molecule has 0 unspecified atom stereocenters. The number of nitrogens with zero attached hydrogens (tertiary/aromatic N) is 2. The molecule has 1 aliphatic carbocycles. The molecule has 3 rings (SSSR count). The summed E-state index contributed by atoms with van der Waals surface area (Å²) in [6.07, 6.45) is 4.09. The largest absolute Gasteiger partial charge is 0.448 e. The molecule has 0 radical (unpaired) electrons. The summed E-state index contributed by atoms with van der Waals surface area (Å²) in [4.78, 5) is 48.8. The Balaban J connectivity index is 1.54. The van der Waals surface area contributed by atoms with Crippen LogP contribution in [0.15, 0.2) is 35.4 Å². The molecule has 0 aromatic heterocycles. The van der Waals surface area contributed by atoms with Gasteiger partial charge in [0.2, 0.25) is 5.91 Å². The number of urea groups is 1. The van der Waals surface area contributed by atoms with E-state index in [4.69, 9.17) is 4.74 Å². The van der Waals surface area contributed by atoms with E-state index in [0.29, 0.717) is 5.69 Å². The second kappa shape index (κ2) is 10.00. The number of anilines is 1. The molecule has 30 heavy (non-hydrogen) atoms. The van der Waals surface area contributed by atoms with Crippen molar-refractivity contribution in [3.63, 3.8) is 0 Å². The average Bonchev–Trinajstić information content (AvgIpc) is 2.75. The Morgan fingerprint density at radius 2 is 1.80 bits per heavy atom. The third kappa shape index (κ3) is 5.65. The second-order valence-corrected chi connectivity index (χ2v) is 7.43. The molecule has 9 nitrogen and oxygen atoms in total. The number of hydrogen-bond donors (Lipinski definition) is 2. The maximum absolute atomic E-state index is 12.4. The lowest BCUT2D eigenvalue weighted by atomic mass is 9.96. The molecule has 2 aliphatic rings. The molecule has 1 aliphatic heterocycles. The molecule has 0 saturated heterocycles. The molecule has 1 heterocycles. The number of rotatable bonds is 5. The lowest BCUT2D eigenvalue weighted by Crippen LogP contribution is -2.48. The highest BCUT2D eigenvalue weighted by Gasteiger charge is 2.29. The average molecular weight is 414 g/mol. The Hall–Kier alpha value is -3.23. The van der Waals surface area contributed by atoms with Gasteiger partial charge in [-0.2, -0.15) is 5.10 Å². The third-order valence-electron chi connectivity index (χ3n) is 5.10. The first kappa shape index (κ1) is 21.5. The summed E-state index contributed by atoms with van der Waals surface area (Å²) < 4.78 is 5.16. The van der Waals surface area contributed by atoms with Crippen molar-refractivity contribution >= 4 is 35.2 Å². The molecule has 1 aromatic rings. The fourth-order valence-electron chi connectivity index (χ4n) is 3.44. The predicted molar refractivity (Wildman–Crippen MR) is 110 cm³/mol. The van der Waals surface area contributed by atoms with E-state index in [1.54, 1.807) is 24.3 Å². The first-order valence-electron chi connectivity index (χ1n) is 10.2. The maximum atomic E-state index is 12.4. The van der Waals surface area contributed by atoms with E-state index in [1.165, 1.54) is 6.92 Å². The number of ether oxygens (including phenoxy) is 1. The van der Waals surface area contributed by atoms with Gasteiger partial charge in [-0.1, -0.05) is 37.5 Å². The SMILES string of the molecule is C[C@@H](OC(=O)C1=NN(c2ccccc2)C(=O)CC1)C(=O)NC(=O)NC1CCCCC1. The predicted octanol–water partition coefficient (Wildman–Crippen LogP) is 2.26. The highest BCUT2D eigenvalue weighted by atomic mass is 16.5. The molecule has 0 spiro atoms. The van der Waals surface area contributed by atoms with Crippen molar-refractivity contribution in [3.05, 3.63) is 30.3 Å². The van der Waals surface area contributed by atoms with Crippen molar-refractivity contribution in [2.45, 2.75) is 64.0 Å². The quantitative estimate of drug-likeness (QED) is 0.717. The van der Waals surface area contributed by atoms with Gasteiger partial charge in [-0.15, -0.1) is 0 Å². The topological polar surface area (TPSA) is 117 Å². The second-order valence-electron chi connectivity index (χ2n) is 7.43. The monoisotopic (exact) mass is 414 g/mol. The standard InChI is InChI=1S/C21H26N4O5/c1-14(19(27)23-21(29)22-15-8-4-2-5-9-15)30-20(28)17-12-13-18(26)25(24-17)16-10-6-3-7-11-16/h3,6-7,10-11,14-15H,2,4-5,8-9,12-13H2,1H3,(H2,22,23,27,29)/t14-/m1/s1. The summed E-state index contributed by atoms with van der Waals surface area (Å²) in [6.45, 7) is 1.38. The van der Waals surface area contributed by atoms with Gasteiger partial charge < -0.3 is 10.1 Å². The van der Waals surface area contributed by atoms with Crippen molar-refractivity contribution in [2.75, 3.05) is 5.01 Å². The zero-order chi connectivity index (χ0) is 21.5. The van der Waals surface area contributed by atoms with Gasteiger partial charge in [0.1, 0.15) is 5.71 Å². The van der Waals surface area contributed by atoms with E-state index in [1.807, 2.05) is 6.07 Å². The Kier molecular flexibility index (Phi) is 7.16. The third-order valence-corrected chi connectivity index (χ3v) is 5.10. The van der Waals surface area contributed by atoms with Gasteiger partial charge in [-0.05, 0) is 31.9 Å². The van der Waals surface area contributed by atoms with Crippen molar-refractivity contribution in [1.29, 1.82) is 0 Å². The number of carbonyl (C=O) groups is 4. The van der Waals surface area contributed by atoms with Crippen molar-refractivity contribution in [1.82, 2.24) is 10.6 Å². The molecule has 1 aromatic carbocycles. The van der Waals surface area contributed by atoms with Crippen LogP contribution in [0, 0.1) is 0 Å². The Morgan fingerprint density at radius 1 is 1.10 bits per heavy atom. The van der Waals surface area contributed by atoms with E-state index >= 15 is 0 Å². The minimum absolute atomic E-state index is 0.0461. The molecule has 1 atom stereocenters. The van der Waals surface area contributed by atoms with Gasteiger partial charge in [0.05, 0.1) is 5.69 Å². The number of imide groups is 1. The van der Waals surface area contributed by atoms with Crippen LogP contribution in [0.25, 0.3) is 0 Å². The molecule has 0 bridgehead atoms. The first-order valence-corrected chi connectivity index (χ1v) is 10.2. The molecule has 160 valence electrons. The summed E-state index contributed by atoms with van der Waals surface area (Å²) in [6, 6.07) is 8.20. The van der Waals surface area contributed by atoms with E-state index in [-0.39, 0.29) is 30.5 Å². The molecule has 1 saturated carbocycles. The summed E-state index contributed by atoms with van der Waals surface area (Å²) >= 11 is 0. The Morgan fingerprint density at radius 3 is 2.50 bits per heavy atom. The van der Waals surface area contributed by atoms with E-state index in [2.05, 4.69) is 15.7 Å². The number of amides is 4. The van der Waals surface area contributed by atoms with Crippen molar-refractivity contribution in [3.8, 4) is 0 Å². The lowest BCUT2D eigenvalue weighted by molar-refractivity contribution is -0.148. The summed E-state index contributed by atoms with van der Waals surface area (Å²) in [5.41, 5.74) is 0.586. The zero-order valence-corrected chi connectivity index (χ0v) is 16.9. The number of para-hydroxylation sites is 1. The van der Waals surface area contributed by atoms with Crippen LogP contribution in [0.1, 0.15) is 51.9 Å². The minimum atomic E-state index is -1.18. The summed E-state index contributed by atoms with van der Waals surface area (Å²) in [5, 5.41) is 10.2. The Labute approximate surface area is 174 Å². The number of hydrogen-bond acceptors (Lipinski definition) is 6. The normalized spacial score (nSPS) is 18.2. The minimum Gasteiger partial charge on any atom is -0.448 e. The fourth-order valence-corrected chi connectivity index (χ4v) is 3.44. The smallest absolute Gasteiger partial charge is 0.355 e. The highest BCUT2D eigenvalue weighted by Crippen LogP contribution is 2.20. The Bertz CT molecular complexity index is 833. The van der Waals surface area contributed by atoms with Gasteiger partial charge >= 0.3 is 12.0 Å². The van der Waals surface area contributed by atoms with Crippen LogP contribution in [0.2, 0.25) is 0 Å². The van der Waals surface area contributed by atoms with Gasteiger partial charge in [0, 0.05) is 18.9 Å². The molecule has 9 heteroatoms. The lowest BCUT2D eigenvalue weighted by Gasteiger charge is -2.24. The number of nitrogens with one attached hydrogen (secondary N) is 2. The van der Waals surface area contributed by atoms with Crippen LogP contribution in [0.3, 0.4) is 0 Å². The zero-order valence-electron chi connectivity index (χ0n) is 16.9. The van der Waals surface area contributed by atoms with E-state index in [9.17, 15) is 19.2 Å². The van der Waals surface area contributed by atoms with Crippen LogP contribution < -0.4 is 15.6 Å².